The van der Waals surface area contributed by atoms with Gasteiger partial charge in [0.15, 0.2) is 0 Å². The molecule has 0 N–H and O–H groups in total. The van der Waals surface area contributed by atoms with Gasteiger partial charge in [0.2, 0.25) is 0 Å². The van der Waals surface area contributed by atoms with Crippen molar-refractivity contribution < 1.29 is 19.1 Å². The normalized spacial score (nSPS) is 21.3. The van der Waals surface area contributed by atoms with Crippen LogP contribution in [0.1, 0.15) is 39.7 Å². The van der Waals surface area contributed by atoms with E-state index in [0.717, 1.165) is 30.8 Å². The second-order valence-corrected chi connectivity index (χ2v) is 9.41. The standard InChI is InChI=1S/C27H32N2O4/c1-17(2)33-23-10-6-20(7-11-23)24-25(28-15-18(3)14-19(4)16-28)27(31)29(26(24)30)21-8-12-22(32-5)13-9-21/h6-13,17-19H,14-16H2,1-5H3. The first-order chi connectivity index (χ1) is 15.8. The molecule has 2 aromatic rings. The van der Waals surface area contributed by atoms with Crippen LogP contribution in [-0.4, -0.2) is 43.0 Å². The molecule has 1 saturated heterocycles. The topological polar surface area (TPSA) is 59.1 Å². The Morgan fingerprint density at radius 2 is 1.42 bits per heavy atom. The van der Waals surface area contributed by atoms with Gasteiger partial charge < -0.3 is 14.4 Å². The van der Waals surface area contributed by atoms with E-state index in [2.05, 4.69) is 18.7 Å². The maximum Gasteiger partial charge on any atom is 0.282 e. The number of rotatable bonds is 6. The molecular formula is C27H32N2O4. The maximum absolute atomic E-state index is 13.7. The summed E-state index contributed by atoms with van der Waals surface area (Å²) >= 11 is 0. The minimum absolute atomic E-state index is 0.0576. The number of likely N-dealkylation sites (tertiary alicyclic amines) is 1. The van der Waals surface area contributed by atoms with Crippen molar-refractivity contribution in [2.45, 2.75) is 40.2 Å². The van der Waals surface area contributed by atoms with Crippen molar-refractivity contribution in [3.63, 3.8) is 0 Å². The molecule has 33 heavy (non-hydrogen) atoms. The van der Waals surface area contributed by atoms with Crippen molar-refractivity contribution in [1.82, 2.24) is 4.90 Å². The summed E-state index contributed by atoms with van der Waals surface area (Å²) in [6.45, 7) is 9.85. The number of hydrogen-bond acceptors (Lipinski definition) is 5. The van der Waals surface area contributed by atoms with Crippen LogP contribution in [0.3, 0.4) is 0 Å². The third kappa shape index (κ3) is 4.61. The summed E-state index contributed by atoms with van der Waals surface area (Å²) in [7, 11) is 1.59. The molecule has 0 spiro atoms. The first-order valence-electron chi connectivity index (χ1n) is 11.6. The van der Waals surface area contributed by atoms with E-state index >= 15 is 0 Å². The van der Waals surface area contributed by atoms with E-state index in [9.17, 15) is 9.59 Å². The van der Waals surface area contributed by atoms with Crippen LogP contribution >= 0.6 is 0 Å². The van der Waals surface area contributed by atoms with Gasteiger partial charge in [-0.2, -0.15) is 0 Å². The van der Waals surface area contributed by atoms with Gasteiger partial charge >= 0.3 is 0 Å². The number of carbonyl (C=O) groups is 2. The van der Waals surface area contributed by atoms with Gasteiger partial charge in [-0.15, -0.1) is 0 Å². The number of hydrogen-bond donors (Lipinski definition) is 0. The lowest BCUT2D eigenvalue weighted by Crippen LogP contribution is -2.42. The zero-order valence-electron chi connectivity index (χ0n) is 20.0. The van der Waals surface area contributed by atoms with E-state index in [4.69, 9.17) is 9.47 Å². The summed E-state index contributed by atoms with van der Waals surface area (Å²) in [5.41, 5.74) is 2.21. The van der Waals surface area contributed by atoms with Crippen LogP contribution in [0, 0.1) is 11.8 Å². The van der Waals surface area contributed by atoms with Crippen LogP contribution in [-0.2, 0) is 9.59 Å². The lowest BCUT2D eigenvalue weighted by atomic mass is 9.91. The molecule has 1 fully saturated rings. The van der Waals surface area contributed by atoms with E-state index in [1.54, 1.807) is 31.4 Å². The minimum atomic E-state index is -0.302. The Morgan fingerprint density at radius 3 is 1.97 bits per heavy atom. The summed E-state index contributed by atoms with van der Waals surface area (Å²) < 4.78 is 11.0. The Hall–Kier alpha value is -3.28. The van der Waals surface area contributed by atoms with Crippen molar-refractivity contribution in [2.75, 3.05) is 25.1 Å². The summed E-state index contributed by atoms with van der Waals surface area (Å²) in [6, 6.07) is 14.5. The molecular weight excluding hydrogens is 416 g/mol. The van der Waals surface area contributed by atoms with Crippen molar-refractivity contribution in [3.05, 3.63) is 59.8 Å². The average Bonchev–Trinajstić information content (AvgIpc) is 3.03. The fourth-order valence-corrected chi connectivity index (χ4v) is 4.86. The number of piperidine rings is 1. The number of methoxy groups -OCH3 is 1. The van der Waals surface area contributed by atoms with Crippen molar-refractivity contribution in [3.8, 4) is 11.5 Å². The lowest BCUT2D eigenvalue weighted by molar-refractivity contribution is -0.120. The first kappa shape index (κ1) is 22.9. The highest BCUT2D eigenvalue weighted by Crippen LogP contribution is 2.38. The van der Waals surface area contributed by atoms with Gasteiger partial charge in [-0.05, 0) is 74.1 Å². The largest absolute Gasteiger partial charge is 0.497 e. The summed E-state index contributed by atoms with van der Waals surface area (Å²) in [6.07, 6.45) is 1.17. The van der Waals surface area contributed by atoms with E-state index in [1.807, 2.05) is 38.1 Å². The summed E-state index contributed by atoms with van der Waals surface area (Å²) in [5.74, 6) is 1.72. The number of benzene rings is 2. The van der Waals surface area contributed by atoms with Crippen molar-refractivity contribution in [1.29, 1.82) is 0 Å². The molecule has 0 aliphatic carbocycles. The Balaban J connectivity index is 1.77. The van der Waals surface area contributed by atoms with Gasteiger partial charge in [-0.25, -0.2) is 4.90 Å². The van der Waals surface area contributed by atoms with Crippen LogP contribution in [0.5, 0.6) is 11.5 Å². The quantitative estimate of drug-likeness (QED) is 0.597. The summed E-state index contributed by atoms with van der Waals surface area (Å²) in [5, 5.41) is 0. The number of amides is 2. The highest BCUT2D eigenvalue weighted by molar-refractivity contribution is 6.45. The molecule has 0 bridgehead atoms. The molecule has 2 aliphatic rings. The lowest BCUT2D eigenvalue weighted by Gasteiger charge is -2.37. The fraction of sp³-hybridized carbons (Fsp3) is 0.407. The second kappa shape index (κ2) is 9.30. The zero-order chi connectivity index (χ0) is 23.7. The predicted molar refractivity (Wildman–Crippen MR) is 129 cm³/mol. The SMILES string of the molecule is COc1ccc(N2C(=O)C(c3ccc(OC(C)C)cc3)=C(N3CC(C)CC(C)C3)C2=O)cc1. The van der Waals surface area contributed by atoms with Crippen LogP contribution < -0.4 is 14.4 Å². The Bertz CT molecular complexity index is 1050. The smallest absolute Gasteiger partial charge is 0.282 e. The molecule has 0 radical (unpaired) electrons. The monoisotopic (exact) mass is 448 g/mol. The molecule has 2 amide bonds. The maximum atomic E-state index is 13.7. The van der Waals surface area contributed by atoms with Crippen LogP contribution in [0.15, 0.2) is 54.2 Å². The second-order valence-electron chi connectivity index (χ2n) is 9.41. The molecule has 174 valence electrons. The molecule has 2 atom stereocenters. The number of anilines is 1. The molecule has 0 saturated carbocycles. The van der Waals surface area contributed by atoms with Crippen LogP contribution in [0.25, 0.3) is 5.57 Å². The number of imide groups is 1. The van der Waals surface area contributed by atoms with E-state index < -0.39 is 0 Å². The summed E-state index contributed by atoms with van der Waals surface area (Å²) in [4.78, 5) is 30.8. The number of nitrogens with zero attached hydrogens (tertiary/aromatic N) is 2. The third-order valence-corrected chi connectivity index (χ3v) is 6.09. The Kier molecular flexibility index (Phi) is 6.45. The van der Waals surface area contributed by atoms with Crippen molar-refractivity contribution in [2.24, 2.45) is 11.8 Å². The molecule has 4 rings (SSSR count). The van der Waals surface area contributed by atoms with Gasteiger partial charge in [0.25, 0.3) is 11.8 Å². The highest BCUT2D eigenvalue weighted by Gasteiger charge is 2.43. The fourth-order valence-electron chi connectivity index (χ4n) is 4.86. The van der Waals surface area contributed by atoms with Crippen LogP contribution in [0.4, 0.5) is 5.69 Å². The van der Waals surface area contributed by atoms with Gasteiger partial charge in [0.05, 0.1) is 24.5 Å². The molecule has 2 aliphatic heterocycles. The number of ether oxygens (including phenoxy) is 2. The van der Waals surface area contributed by atoms with Gasteiger partial charge in [-0.3, -0.25) is 9.59 Å². The molecule has 2 aromatic carbocycles. The predicted octanol–water partition coefficient (Wildman–Crippen LogP) is 4.74. The highest BCUT2D eigenvalue weighted by atomic mass is 16.5. The Morgan fingerprint density at radius 1 is 0.848 bits per heavy atom. The zero-order valence-corrected chi connectivity index (χ0v) is 20.0. The van der Waals surface area contributed by atoms with Gasteiger partial charge in [-0.1, -0.05) is 26.0 Å². The third-order valence-electron chi connectivity index (χ3n) is 6.09. The average molecular weight is 449 g/mol. The molecule has 2 unspecified atom stereocenters. The van der Waals surface area contributed by atoms with Crippen molar-refractivity contribution >= 4 is 23.1 Å². The van der Waals surface area contributed by atoms with Gasteiger partial charge in [0, 0.05) is 13.1 Å². The molecule has 6 heteroatoms. The number of carbonyl (C=O) groups excluding carboxylic acids is 2. The molecule has 2 heterocycles. The van der Waals surface area contributed by atoms with Crippen LogP contribution in [0.2, 0.25) is 0 Å². The van der Waals surface area contributed by atoms with E-state index in [0.29, 0.717) is 34.5 Å². The van der Waals surface area contributed by atoms with E-state index in [-0.39, 0.29) is 17.9 Å². The Labute approximate surface area is 195 Å². The van der Waals surface area contributed by atoms with Gasteiger partial charge in [0.1, 0.15) is 17.2 Å². The molecule has 6 nitrogen and oxygen atoms in total. The minimum Gasteiger partial charge on any atom is -0.497 e. The van der Waals surface area contributed by atoms with E-state index in [1.165, 1.54) is 4.90 Å². The molecule has 0 aromatic heterocycles. The first-order valence-corrected chi connectivity index (χ1v) is 11.6.